The van der Waals surface area contributed by atoms with E-state index in [1.165, 1.54) is 38.8 Å². The molecule has 1 aromatic rings. The van der Waals surface area contributed by atoms with Gasteiger partial charge in [0.05, 0.1) is 24.0 Å². The smallest absolute Gasteiger partial charge is 0.298 e. The van der Waals surface area contributed by atoms with Gasteiger partial charge < -0.3 is 15.2 Å². The van der Waals surface area contributed by atoms with Crippen molar-refractivity contribution in [3.8, 4) is 0 Å². The highest BCUT2D eigenvalue weighted by atomic mass is 19.2. The second kappa shape index (κ2) is 15.3. The van der Waals surface area contributed by atoms with Crippen LogP contribution in [-0.2, 0) is 5.54 Å². The van der Waals surface area contributed by atoms with Gasteiger partial charge in [0.2, 0.25) is 0 Å². The van der Waals surface area contributed by atoms with E-state index >= 15 is 0 Å². The Morgan fingerprint density at radius 3 is 2.24 bits per heavy atom. The molecule has 2 saturated carbocycles. The Morgan fingerprint density at radius 2 is 1.71 bits per heavy atom. The van der Waals surface area contributed by atoms with Crippen LogP contribution in [0.1, 0.15) is 128 Å². The average Bonchev–Trinajstić information content (AvgIpc) is 3.33. The average molecular weight is 573 g/mol. The SMILES string of the molecule is C=Cc1cc2n(c1NC(C)=NC1CCCCC1)C1(CCCCC1)CN(F)C2=O.CC(C)(C)N1CCNCC1.CCC. The van der Waals surface area contributed by atoms with Crippen molar-refractivity contribution >= 4 is 23.6 Å². The first-order valence-corrected chi connectivity index (χ1v) is 16.2. The van der Waals surface area contributed by atoms with Gasteiger partial charge in [-0.05, 0) is 59.4 Å². The highest BCUT2D eigenvalue weighted by molar-refractivity contribution is 5.99. The molecule has 1 spiro atoms. The van der Waals surface area contributed by atoms with Crippen LogP contribution in [0.2, 0.25) is 0 Å². The van der Waals surface area contributed by atoms with E-state index in [1.807, 2.05) is 6.92 Å². The molecule has 8 heteroatoms. The van der Waals surface area contributed by atoms with Crippen LogP contribution in [-0.4, -0.2) is 70.6 Å². The van der Waals surface area contributed by atoms with Gasteiger partial charge in [-0.15, -0.1) is 0 Å². The van der Waals surface area contributed by atoms with E-state index in [9.17, 15) is 9.28 Å². The maximum atomic E-state index is 14.5. The molecule has 0 aromatic carbocycles. The number of fused-ring (bicyclic) bond motifs is 2. The standard InChI is InChI=1S/C22H31FN4O.C8H18N2.C3H8/c1-3-17-14-19-21(28)26(23)15-22(12-8-5-9-13-22)27(19)20(17)25-16(2)24-18-10-6-4-7-11-18;1-8(2,3)10-6-4-9-5-7-10;1-3-2/h3,14,18H,1,4-13,15H2,2H3,(H,24,25);9H,4-7H2,1-3H3;3H2,1-2H3. The number of amidine groups is 1. The van der Waals surface area contributed by atoms with Crippen molar-refractivity contribution in [2.45, 2.75) is 129 Å². The Hall–Kier alpha value is -2.19. The molecule has 2 aliphatic carbocycles. The number of piperazine rings is 1. The summed E-state index contributed by atoms with van der Waals surface area (Å²) in [5.41, 5.74) is 1.23. The minimum atomic E-state index is -0.561. The molecule has 232 valence electrons. The van der Waals surface area contributed by atoms with Gasteiger partial charge in [0, 0.05) is 37.3 Å². The van der Waals surface area contributed by atoms with Gasteiger partial charge in [0.15, 0.2) is 0 Å². The van der Waals surface area contributed by atoms with Crippen LogP contribution >= 0.6 is 0 Å². The Morgan fingerprint density at radius 1 is 1.12 bits per heavy atom. The molecule has 2 aliphatic heterocycles. The van der Waals surface area contributed by atoms with Gasteiger partial charge in [-0.25, -0.2) is 0 Å². The molecule has 1 saturated heterocycles. The predicted octanol–water partition coefficient (Wildman–Crippen LogP) is 7.40. The lowest BCUT2D eigenvalue weighted by Crippen LogP contribution is -2.52. The summed E-state index contributed by atoms with van der Waals surface area (Å²) in [7, 11) is 0. The third kappa shape index (κ3) is 8.66. The van der Waals surface area contributed by atoms with Gasteiger partial charge in [-0.3, -0.25) is 14.7 Å². The number of rotatable bonds is 3. The molecule has 2 N–H and O–H groups in total. The molecule has 1 amide bonds. The van der Waals surface area contributed by atoms with Gasteiger partial charge in [0.25, 0.3) is 5.91 Å². The monoisotopic (exact) mass is 572 g/mol. The number of nitrogens with zero attached hydrogens (tertiary/aromatic N) is 4. The number of halogens is 1. The normalized spacial score (nSPS) is 21.8. The van der Waals surface area contributed by atoms with E-state index in [0.717, 1.165) is 75.3 Å². The molecule has 4 aliphatic rings. The van der Waals surface area contributed by atoms with Crippen molar-refractivity contribution in [3.63, 3.8) is 0 Å². The number of carbonyl (C=O) groups excluding carboxylic acids is 1. The summed E-state index contributed by atoms with van der Waals surface area (Å²) in [6.45, 7) is 21.8. The molecule has 0 atom stereocenters. The number of hydrogen-bond acceptors (Lipinski definition) is 4. The van der Waals surface area contributed by atoms with Crippen LogP contribution in [0.25, 0.3) is 6.08 Å². The van der Waals surface area contributed by atoms with Gasteiger partial charge in [-0.1, -0.05) is 75.9 Å². The molecule has 41 heavy (non-hydrogen) atoms. The lowest BCUT2D eigenvalue weighted by Gasteiger charge is -2.45. The summed E-state index contributed by atoms with van der Waals surface area (Å²) in [5.74, 6) is 1.14. The fourth-order valence-corrected chi connectivity index (χ4v) is 6.60. The molecule has 0 bridgehead atoms. The van der Waals surface area contributed by atoms with E-state index in [-0.39, 0.29) is 12.1 Å². The Bertz CT molecular complexity index is 1010. The van der Waals surface area contributed by atoms with E-state index in [4.69, 9.17) is 4.99 Å². The van der Waals surface area contributed by atoms with Crippen molar-refractivity contribution < 1.29 is 9.28 Å². The molecule has 5 rings (SSSR count). The minimum Gasteiger partial charge on any atom is -0.330 e. The van der Waals surface area contributed by atoms with Crippen molar-refractivity contribution in [3.05, 3.63) is 23.9 Å². The maximum absolute atomic E-state index is 14.5. The number of aliphatic imine (C=N–C) groups is 1. The molecule has 3 heterocycles. The van der Waals surface area contributed by atoms with Crippen LogP contribution in [0.15, 0.2) is 17.6 Å². The summed E-state index contributed by atoms with van der Waals surface area (Å²) in [6.07, 6.45) is 14.1. The van der Waals surface area contributed by atoms with E-state index in [0.29, 0.717) is 22.4 Å². The van der Waals surface area contributed by atoms with Crippen molar-refractivity contribution in [2.24, 2.45) is 4.99 Å². The van der Waals surface area contributed by atoms with Crippen molar-refractivity contribution in [1.82, 2.24) is 19.9 Å². The topological polar surface area (TPSA) is 64.9 Å². The summed E-state index contributed by atoms with van der Waals surface area (Å²) in [4.78, 5) is 20.0. The zero-order valence-corrected chi connectivity index (χ0v) is 26.8. The lowest BCUT2D eigenvalue weighted by atomic mass is 9.80. The Kier molecular flexibility index (Phi) is 12.5. The first-order chi connectivity index (χ1) is 19.6. The summed E-state index contributed by atoms with van der Waals surface area (Å²) in [6, 6.07) is 2.14. The number of anilines is 1. The Balaban J connectivity index is 0.000000297. The van der Waals surface area contributed by atoms with E-state index in [2.05, 4.69) is 61.3 Å². The van der Waals surface area contributed by atoms with Crippen LogP contribution < -0.4 is 10.6 Å². The fourth-order valence-electron chi connectivity index (χ4n) is 6.60. The number of aromatic nitrogens is 1. The highest BCUT2D eigenvalue weighted by Crippen LogP contribution is 2.44. The quantitative estimate of drug-likeness (QED) is 0.225. The summed E-state index contributed by atoms with van der Waals surface area (Å²) in [5, 5.41) is 7.22. The van der Waals surface area contributed by atoms with Crippen LogP contribution in [0.3, 0.4) is 0 Å². The largest absolute Gasteiger partial charge is 0.330 e. The minimum absolute atomic E-state index is 0.123. The van der Waals surface area contributed by atoms with Crippen molar-refractivity contribution in [1.29, 1.82) is 0 Å². The van der Waals surface area contributed by atoms with E-state index in [1.54, 1.807) is 12.1 Å². The number of amides is 1. The number of nitrogens with one attached hydrogen (secondary N) is 2. The third-order valence-electron chi connectivity index (χ3n) is 8.70. The van der Waals surface area contributed by atoms with Gasteiger partial charge in [0.1, 0.15) is 11.5 Å². The maximum Gasteiger partial charge on any atom is 0.298 e. The molecular weight excluding hydrogens is 515 g/mol. The lowest BCUT2D eigenvalue weighted by molar-refractivity contribution is -0.0252. The second-order valence-corrected chi connectivity index (χ2v) is 13.2. The van der Waals surface area contributed by atoms with Gasteiger partial charge in [-0.2, -0.15) is 5.12 Å². The molecular formula is C33H57FN6O. The Labute approximate surface area is 249 Å². The molecule has 1 aromatic heterocycles. The highest BCUT2D eigenvalue weighted by Gasteiger charge is 2.46. The number of carbonyl (C=O) groups is 1. The number of hydrogen-bond donors (Lipinski definition) is 2. The van der Waals surface area contributed by atoms with Gasteiger partial charge >= 0.3 is 0 Å². The molecule has 3 fully saturated rings. The van der Waals surface area contributed by atoms with Crippen LogP contribution in [0, 0.1) is 0 Å². The molecule has 0 radical (unpaired) electrons. The van der Waals surface area contributed by atoms with E-state index < -0.39 is 5.91 Å². The predicted molar refractivity (Wildman–Crippen MR) is 171 cm³/mol. The first-order valence-electron chi connectivity index (χ1n) is 16.2. The van der Waals surface area contributed by atoms with Crippen LogP contribution in [0.5, 0.6) is 0 Å². The summed E-state index contributed by atoms with van der Waals surface area (Å²) < 4.78 is 16.6. The molecule has 7 nitrogen and oxygen atoms in total. The zero-order chi connectivity index (χ0) is 30.0. The molecule has 0 unspecified atom stereocenters. The first kappa shape index (κ1) is 33.3. The van der Waals surface area contributed by atoms with Crippen molar-refractivity contribution in [2.75, 3.05) is 38.0 Å². The fraction of sp³-hybridized carbons (Fsp3) is 0.758. The van der Waals surface area contributed by atoms with Crippen LogP contribution in [0.4, 0.5) is 10.3 Å². The third-order valence-corrected chi connectivity index (χ3v) is 8.70. The summed E-state index contributed by atoms with van der Waals surface area (Å²) >= 11 is 0. The second-order valence-electron chi connectivity index (χ2n) is 13.2. The zero-order valence-electron chi connectivity index (χ0n) is 26.8.